The van der Waals surface area contributed by atoms with E-state index in [0.29, 0.717) is 18.2 Å². The highest BCUT2D eigenvalue weighted by Gasteiger charge is 2.24. The maximum absolute atomic E-state index is 12.5. The summed E-state index contributed by atoms with van der Waals surface area (Å²) in [6, 6.07) is 1.98. The molecule has 1 aliphatic rings. The molecule has 0 unspecified atom stereocenters. The maximum atomic E-state index is 12.5. The number of amides is 1. The lowest BCUT2D eigenvalue weighted by atomic mass is 9.96. The zero-order valence-electron chi connectivity index (χ0n) is 13.7. The Morgan fingerprint density at radius 1 is 1.48 bits per heavy atom. The summed E-state index contributed by atoms with van der Waals surface area (Å²) in [5.41, 5.74) is 1.73. The predicted molar refractivity (Wildman–Crippen MR) is 91.5 cm³/mol. The second-order valence-corrected chi connectivity index (χ2v) is 6.87. The highest BCUT2D eigenvalue weighted by Crippen LogP contribution is 2.24. The number of thiophene rings is 1. The molecule has 1 fully saturated rings. The van der Waals surface area contributed by atoms with E-state index in [9.17, 15) is 4.79 Å². The van der Waals surface area contributed by atoms with Crippen molar-refractivity contribution in [3.05, 3.63) is 28.3 Å². The summed E-state index contributed by atoms with van der Waals surface area (Å²) < 4.78 is 5.71. The number of carbonyl (C=O) groups is 1. The molecule has 124 valence electrons. The van der Waals surface area contributed by atoms with Crippen LogP contribution in [-0.4, -0.2) is 42.5 Å². The summed E-state index contributed by atoms with van der Waals surface area (Å²) in [6.07, 6.45) is 2.48. The van der Waals surface area contributed by atoms with E-state index in [2.05, 4.69) is 10.3 Å². The van der Waals surface area contributed by atoms with Crippen LogP contribution in [0.5, 0.6) is 0 Å². The van der Waals surface area contributed by atoms with Gasteiger partial charge in [0.2, 0.25) is 11.8 Å². The number of nitrogens with one attached hydrogen (secondary N) is 1. The summed E-state index contributed by atoms with van der Waals surface area (Å²) in [5, 5.41) is 7.22. The normalized spacial score (nSPS) is 16.0. The quantitative estimate of drug-likeness (QED) is 0.914. The van der Waals surface area contributed by atoms with Crippen molar-refractivity contribution in [1.82, 2.24) is 15.2 Å². The number of piperidine rings is 1. The Kier molecular flexibility index (Phi) is 5.13. The molecule has 23 heavy (non-hydrogen) atoms. The Hall–Kier alpha value is -1.66. The zero-order chi connectivity index (χ0) is 16.2. The van der Waals surface area contributed by atoms with Gasteiger partial charge in [0.05, 0.1) is 12.1 Å². The molecule has 3 rings (SSSR count). The minimum absolute atomic E-state index is 0.154. The predicted octanol–water partition coefficient (Wildman–Crippen LogP) is 2.71. The maximum Gasteiger partial charge on any atom is 0.228 e. The number of nitrogens with zero attached hydrogens (tertiary/aromatic N) is 2. The minimum Gasteiger partial charge on any atom is -0.441 e. The summed E-state index contributed by atoms with van der Waals surface area (Å²) in [6.45, 7) is 4.61. The fourth-order valence-electron chi connectivity index (χ4n) is 3.03. The van der Waals surface area contributed by atoms with E-state index in [1.165, 1.54) is 0 Å². The molecule has 5 nitrogen and oxygen atoms in total. The lowest BCUT2D eigenvalue weighted by Crippen LogP contribution is -2.41. The Balaban J connectivity index is 1.60. The van der Waals surface area contributed by atoms with Crippen LogP contribution in [0.4, 0.5) is 0 Å². The first-order chi connectivity index (χ1) is 11.2. The zero-order valence-corrected chi connectivity index (χ0v) is 14.5. The first-order valence-electron chi connectivity index (χ1n) is 8.08. The minimum atomic E-state index is 0.154. The second kappa shape index (κ2) is 7.27. The van der Waals surface area contributed by atoms with Gasteiger partial charge in [-0.25, -0.2) is 4.98 Å². The third-order valence-electron chi connectivity index (χ3n) is 4.44. The van der Waals surface area contributed by atoms with Crippen molar-refractivity contribution < 1.29 is 9.21 Å². The third-order valence-corrected chi connectivity index (χ3v) is 5.12. The molecule has 2 aromatic heterocycles. The van der Waals surface area contributed by atoms with Crippen molar-refractivity contribution in [3.63, 3.8) is 0 Å². The van der Waals surface area contributed by atoms with Crippen LogP contribution in [0, 0.1) is 12.8 Å². The lowest BCUT2D eigenvalue weighted by molar-refractivity contribution is -0.131. The van der Waals surface area contributed by atoms with Crippen LogP contribution >= 0.6 is 11.3 Å². The molecule has 6 heteroatoms. The van der Waals surface area contributed by atoms with Crippen LogP contribution in [-0.2, 0) is 11.2 Å². The monoisotopic (exact) mass is 333 g/mol. The number of oxazole rings is 1. The molecule has 1 N–H and O–H groups in total. The highest BCUT2D eigenvalue weighted by atomic mass is 32.1. The van der Waals surface area contributed by atoms with E-state index in [1.54, 1.807) is 11.3 Å². The number of hydrogen-bond acceptors (Lipinski definition) is 5. The van der Waals surface area contributed by atoms with Crippen molar-refractivity contribution in [3.8, 4) is 11.5 Å². The smallest absolute Gasteiger partial charge is 0.228 e. The van der Waals surface area contributed by atoms with Crippen molar-refractivity contribution in [2.24, 2.45) is 5.92 Å². The summed E-state index contributed by atoms with van der Waals surface area (Å²) in [7, 11) is 1.98. The molecule has 0 atom stereocenters. The summed E-state index contributed by atoms with van der Waals surface area (Å²) >= 11 is 1.61. The van der Waals surface area contributed by atoms with Gasteiger partial charge in [0, 0.05) is 24.0 Å². The molecule has 0 spiro atoms. The van der Waals surface area contributed by atoms with Crippen LogP contribution in [0.25, 0.3) is 11.5 Å². The van der Waals surface area contributed by atoms with Gasteiger partial charge in [-0.2, -0.15) is 11.3 Å². The largest absolute Gasteiger partial charge is 0.441 e. The molecule has 1 aliphatic heterocycles. The van der Waals surface area contributed by atoms with Crippen LogP contribution in [0.2, 0.25) is 0 Å². The van der Waals surface area contributed by atoms with Gasteiger partial charge in [-0.15, -0.1) is 0 Å². The van der Waals surface area contributed by atoms with Crippen molar-refractivity contribution in [1.29, 1.82) is 0 Å². The first-order valence-corrected chi connectivity index (χ1v) is 9.03. The van der Waals surface area contributed by atoms with Gasteiger partial charge in [-0.05, 0) is 50.7 Å². The molecule has 0 aliphatic carbocycles. The highest BCUT2D eigenvalue weighted by molar-refractivity contribution is 7.08. The second-order valence-electron chi connectivity index (χ2n) is 6.09. The molecule has 2 aromatic rings. The fraction of sp³-hybridized carbons (Fsp3) is 0.529. The first kappa shape index (κ1) is 16.2. The van der Waals surface area contributed by atoms with E-state index < -0.39 is 0 Å². The van der Waals surface area contributed by atoms with Gasteiger partial charge in [0.1, 0.15) is 5.76 Å². The molecule has 3 heterocycles. The SMILES string of the molecule is CNCC1CCN(C(=O)Cc2nc(-c3ccsc3)oc2C)CC1. The van der Waals surface area contributed by atoms with Crippen LogP contribution in [0.1, 0.15) is 24.3 Å². The molecule has 0 bridgehead atoms. The third kappa shape index (κ3) is 3.82. The summed E-state index contributed by atoms with van der Waals surface area (Å²) in [5.74, 6) is 2.19. The van der Waals surface area contributed by atoms with Gasteiger partial charge in [-0.1, -0.05) is 0 Å². The van der Waals surface area contributed by atoms with Gasteiger partial charge >= 0.3 is 0 Å². The Morgan fingerprint density at radius 3 is 2.91 bits per heavy atom. The van der Waals surface area contributed by atoms with E-state index in [-0.39, 0.29) is 5.91 Å². The fourth-order valence-corrected chi connectivity index (χ4v) is 3.66. The van der Waals surface area contributed by atoms with Crippen molar-refractivity contribution >= 4 is 17.2 Å². The topological polar surface area (TPSA) is 58.4 Å². The standard InChI is InChI=1S/C17H23N3O2S/c1-12-15(19-17(22-12)14-5-8-23-11-14)9-16(21)20-6-3-13(4-7-20)10-18-2/h5,8,11,13,18H,3-4,6-7,9-10H2,1-2H3. The van der Waals surface area contributed by atoms with E-state index in [4.69, 9.17) is 4.42 Å². The number of aryl methyl sites for hydroxylation is 1. The molecule has 0 aromatic carbocycles. The van der Waals surface area contributed by atoms with Crippen LogP contribution < -0.4 is 5.32 Å². The Morgan fingerprint density at radius 2 is 2.26 bits per heavy atom. The molecule has 0 saturated carbocycles. The molecular weight excluding hydrogens is 310 g/mol. The number of carbonyl (C=O) groups excluding carboxylic acids is 1. The van der Waals surface area contributed by atoms with E-state index >= 15 is 0 Å². The van der Waals surface area contributed by atoms with Crippen LogP contribution in [0.15, 0.2) is 21.2 Å². The van der Waals surface area contributed by atoms with Gasteiger partial charge < -0.3 is 14.6 Å². The Bertz CT molecular complexity index is 643. The number of aromatic nitrogens is 1. The molecule has 1 saturated heterocycles. The lowest BCUT2D eigenvalue weighted by Gasteiger charge is -2.31. The van der Waals surface area contributed by atoms with Crippen molar-refractivity contribution in [2.45, 2.75) is 26.2 Å². The molecule has 1 amide bonds. The summed E-state index contributed by atoms with van der Waals surface area (Å²) in [4.78, 5) is 19.0. The van der Waals surface area contributed by atoms with Gasteiger partial charge in [0.15, 0.2) is 0 Å². The number of rotatable bonds is 5. The van der Waals surface area contributed by atoms with E-state index in [1.807, 2.05) is 35.7 Å². The Labute approximate surface area is 140 Å². The number of likely N-dealkylation sites (tertiary alicyclic amines) is 1. The van der Waals surface area contributed by atoms with Crippen molar-refractivity contribution in [2.75, 3.05) is 26.7 Å². The average molecular weight is 333 g/mol. The van der Waals surface area contributed by atoms with E-state index in [0.717, 1.165) is 49.5 Å². The average Bonchev–Trinajstić information content (AvgIpc) is 3.19. The molecule has 0 radical (unpaired) electrons. The molecular formula is C17H23N3O2S. The van der Waals surface area contributed by atoms with Gasteiger partial charge in [-0.3, -0.25) is 4.79 Å². The number of hydrogen-bond donors (Lipinski definition) is 1. The van der Waals surface area contributed by atoms with Crippen LogP contribution in [0.3, 0.4) is 0 Å². The van der Waals surface area contributed by atoms with Gasteiger partial charge in [0.25, 0.3) is 0 Å².